The number of hydrogen-bond acceptors (Lipinski definition) is 3. The van der Waals surface area contributed by atoms with Gasteiger partial charge in [0, 0.05) is 12.6 Å². The number of halogens is 3. The summed E-state index contributed by atoms with van der Waals surface area (Å²) in [6.07, 6.45) is -4.57. The normalized spacial score (nSPS) is 12.0. The van der Waals surface area contributed by atoms with Crippen molar-refractivity contribution in [2.24, 2.45) is 7.05 Å². The van der Waals surface area contributed by atoms with E-state index >= 15 is 0 Å². The van der Waals surface area contributed by atoms with Gasteiger partial charge in [0.05, 0.1) is 28.6 Å². The lowest BCUT2D eigenvalue weighted by atomic mass is 10.2. The highest BCUT2D eigenvalue weighted by Crippen LogP contribution is 2.28. The Labute approximate surface area is 151 Å². The van der Waals surface area contributed by atoms with Crippen molar-refractivity contribution in [2.75, 3.05) is 0 Å². The number of aryl methyl sites for hydroxylation is 1. The molecule has 1 amide bonds. The molecule has 0 saturated heterocycles. The van der Waals surface area contributed by atoms with Crippen molar-refractivity contribution in [3.63, 3.8) is 0 Å². The van der Waals surface area contributed by atoms with Crippen LogP contribution in [0.5, 0.6) is 0 Å². The molecule has 4 rings (SSSR count). The molecule has 9 heteroatoms. The highest BCUT2D eigenvalue weighted by molar-refractivity contribution is 5.97. The highest BCUT2D eigenvalue weighted by Gasteiger charge is 2.34. The van der Waals surface area contributed by atoms with E-state index < -0.39 is 17.9 Å². The molecular weight excluding hydrogens is 359 g/mol. The van der Waals surface area contributed by atoms with Crippen molar-refractivity contribution >= 4 is 28.0 Å². The number of fused-ring (bicyclic) bond motifs is 2. The quantitative estimate of drug-likeness (QED) is 0.578. The van der Waals surface area contributed by atoms with Crippen LogP contribution in [0.2, 0.25) is 0 Å². The van der Waals surface area contributed by atoms with Crippen LogP contribution in [0.3, 0.4) is 0 Å². The van der Waals surface area contributed by atoms with E-state index in [2.05, 4.69) is 20.3 Å². The summed E-state index contributed by atoms with van der Waals surface area (Å²) >= 11 is 0. The zero-order chi connectivity index (χ0) is 19.2. The van der Waals surface area contributed by atoms with Crippen LogP contribution in [0.15, 0.2) is 42.5 Å². The average Bonchev–Trinajstić information content (AvgIpc) is 3.21. The molecule has 0 saturated carbocycles. The molecule has 0 atom stereocenters. The third-order valence-corrected chi connectivity index (χ3v) is 4.30. The molecule has 2 heterocycles. The molecule has 2 aromatic carbocycles. The first kappa shape index (κ1) is 17.1. The summed E-state index contributed by atoms with van der Waals surface area (Å²) in [5.41, 5.74) is 2.30. The number of rotatable bonds is 3. The van der Waals surface area contributed by atoms with Gasteiger partial charge in [-0.2, -0.15) is 13.2 Å². The topological polar surface area (TPSA) is 75.6 Å². The van der Waals surface area contributed by atoms with Gasteiger partial charge in [0.15, 0.2) is 0 Å². The molecule has 0 aliphatic heterocycles. The summed E-state index contributed by atoms with van der Waals surface area (Å²) in [7, 11) is 1.85. The van der Waals surface area contributed by atoms with Gasteiger partial charge in [-0.25, -0.2) is 9.97 Å². The van der Waals surface area contributed by atoms with Crippen LogP contribution in [-0.4, -0.2) is 25.4 Å². The van der Waals surface area contributed by atoms with Gasteiger partial charge in [-0.15, -0.1) is 0 Å². The third kappa shape index (κ3) is 3.12. The Kier molecular flexibility index (Phi) is 3.87. The molecule has 0 unspecified atom stereocenters. The fraction of sp³-hybridized carbons (Fsp3) is 0.167. The van der Waals surface area contributed by atoms with Crippen molar-refractivity contribution < 1.29 is 18.0 Å². The Morgan fingerprint density at radius 3 is 2.67 bits per heavy atom. The number of alkyl halides is 3. The average molecular weight is 373 g/mol. The number of imidazole rings is 2. The van der Waals surface area contributed by atoms with E-state index in [1.54, 1.807) is 0 Å². The highest BCUT2D eigenvalue weighted by atomic mass is 19.4. The van der Waals surface area contributed by atoms with Crippen molar-refractivity contribution in [1.82, 2.24) is 24.8 Å². The van der Waals surface area contributed by atoms with Crippen LogP contribution < -0.4 is 5.32 Å². The maximum absolute atomic E-state index is 12.7. The molecule has 2 aromatic heterocycles. The summed E-state index contributed by atoms with van der Waals surface area (Å²) < 4.78 is 40.1. The Bertz CT molecular complexity index is 1160. The number of H-pyrrole nitrogens is 1. The van der Waals surface area contributed by atoms with Crippen LogP contribution >= 0.6 is 0 Å². The minimum absolute atomic E-state index is 0.147. The molecule has 0 bridgehead atoms. The van der Waals surface area contributed by atoms with Crippen LogP contribution in [0.1, 0.15) is 22.0 Å². The molecule has 0 spiro atoms. The zero-order valence-corrected chi connectivity index (χ0v) is 14.1. The number of para-hydroxylation sites is 2. The molecule has 6 nitrogen and oxygen atoms in total. The Hall–Kier alpha value is -3.36. The summed E-state index contributed by atoms with van der Waals surface area (Å²) in [5, 5.41) is 2.74. The minimum atomic E-state index is -4.57. The summed E-state index contributed by atoms with van der Waals surface area (Å²) in [6, 6.07) is 11.8. The number of nitrogens with zero attached hydrogens (tertiary/aromatic N) is 3. The second-order valence-electron chi connectivity index (χ2n) is 6.07. The molecule has 27 heavy (non-hydrogen) atoms. The van der Waals surface area contributed by atoms with E-state index in [1.807, 2.05) is 35.9 Å². The monoisotopic (exact) mass is 373 g/mol. The van der Waals surface area contributed by atoms with E-state index in [0.29, 0.717) is 5.82 Å². The zero-order valence-electron chi connectivity index (χ0n) is 14.1. The smallest absolute Gasteiger partial charge is 0.345 e. The lowest BCUT2D eigenvalue weighted by Gasteiger charge is -2.06. The van der Waals surface area contributed by atoms with Crippen LogP contribution in [0.25, 0.3) is 22.1 Å². The number of nitrogens with one attached hydrogen (secondary N) is 2. The maximum Gasteiger partial charge on any atom is 0.449 e. The van der Waals surface area contributed by atoms with Gasteiger partial charge in [-0.05, 0) is 30.3 Å². The van der Waals surface area contributed by atoms with Crippen molar-refractivity contribution in [3.8, 4) is 0 Å². The number of carbonyl (C=O) groups excluding carboxylic acids is 1. The van der Waals surface area contributed by atoms with E-state index in [0.717, 1.165) is 11.0 Å². The largest absolute Gasteiger partial charge is 0.449 e. The molecule has 0 radical (unpaired) electrons. The van der Waals surface area contributed by atoms with E-state index in [1.165, 1.54) is 18.2 Å². The molecule has 0 fully saturated rings. The van der Waals surface area contributed by atoms with Gasteiger partial charge < -0.3 is 14.9 Å². The van der Waals surface area contributed by atoms with Gasteiger partial charge in [0.25, 0.3) is 5.91 Å². The lowest BCUT2D eigenvalue weighted by Crippen LogP contribution is -2.24. The van der Waals surface area contributed by atoms with Crippen molar-refractivity contribution in [3.05, 3.63) is 59.7 Å². The van der Waals surface area contributed by atoms with E-state index in [9.17, 15) is 18.0 Å². The number of amides is 1. The number of aromatic amines is 1. The fourth-order valence-corrected chi connectivity index (χ4v) is 2.90. The van der Waals surface area contributed by atoms with Gasteiger partial charge in [-0.3, -0.25) is 4.79 Å². The maximum atomic E-state index is 12.7. The van der Waals surface area contributed by atoms with E-state index in [4.69, 9.17) is 0 Å². The van der Waals surface area contributed by atoms with Gasteiger partial charge in [0.1, 0.15) is 5.82 Å². The Morgan fingerprint density at radius 1 is 1.15 bits per heavy atom. The van der Waals surface area contributed by atoms with Gasteiger partial charge in [-0.1, -0.05) is 12.1 Å². The molecule has 4 aromatic rings. The molecule has 138 valence electrons. The first-order chi connectivity index (χ1) is 12.8. The number of aromatic nitrogens is 4. The molecule has 0 aliphatic carbocycles. The first-order valence-electron chi connectivity index (χ1n) is 8.08. The number of hydrogen-bond donors (Lipinski definition) is 2. The molecule has 0 aliphatic rings. The van der Waals surface area contributed by atoms with Crippen LogP contribution in [0, 0.1) is 0 Å². The SMILES string of the molecule is Cn1c(CNC(=O)c2ccc3nc(C(F)(F)F)[nH]c3c2)nc2ccccc21. The van der Waals surface area contributed by atoms with Gasteiger partial charge >= 0.3 is 6.18 Å². The second kappa shape index (κ2) is 6.11. The molecular formula is C18H14F3N5O. The summed E-state index contributed by atoms with van der Waals surface area (Å²) in [6.45, 7) is 0.193. The van der Waals surface area contributed by atoms with Crippen LogP contribution in [-0.2, 0) is 19.8 Å². The summed E-state index contributed by atoms with van der Waals surface area (Å²) in [4.78, 5) is 22.5. The van der Waals surface area contributed by atoms with Crippen molar-refractivity contribution in [2.45, 2.75) is 12.7 Å². The fourth-order valence-electron chi connectivity index (χ4n) is 2.90. The predicted molar refractivity (Wildman–Crippen MR) is 93.0 cm³/mol. The first-order valence-corrected chi connectivity index (χ1v) is 8.08. The number of carbonyl (C=O) groups is 1. The van der Waals surface area contributed by atoms with E-state index in [-0.39, 0.29) is 23.1 Å². The standard InChI is InChI=1S/C18H14F3N5O/c1-26-14-5-3-2-4-12(14)23-15(26)9-22-16(27)10-6-7-11-13(8-10)25-17(24-11)18(19,20)21/h2-8H,9H2,1H3,(H,22,27)(H,24,25). The van der Waals surface area contributed by atoms with Gasteiger partial charge in [0.2, 0.25) is 5.82 Å². The predicted octanol–water partition coefficient (Wildman–Crippen LogP) is 3.40. The number of benzene rings is 2. The third-order valence-electron chi connectivity index (χ3n) is 4.30. The second-order valence-corrected chi connectivity index (χ2v) is 6.07. The Balaban J connectivity index is 1.54. The molecule has 2 N–H and O–H groups in total. The van der Waals surface area contributed by atoms with Crippen LogP contribution in [0.4, 0.5) is 13.2 Å². The summed E-state index contributed by atoms with van der Waals surface area (Å²) in [5.74, 6) is -0.826. The lowest BCUT2D eigenvalue weighted by molar-refractivity contribution is -0.144. The Morgan fingerprint density at radius 2 is 1.93 bits per heavy atom. The van der Waals surface area contributed by atoms with Crippen molar-refractivity contribution in [1.29, 1.82) is 0 Å². The minimum Gasteiger partial charge on any atom is -0.345 e.